The summed E-state index contributed by atoms with van der Waals surface area (Å²) in [4.78, 5) is 2.43. The van der Waals surface area contributed by atoms with Crippen LogP contribution in [0.15, 0.2) is 18.2 Å². The number of nitrogens with zero attached hydrogens (tertiary/aromatic N) is 1. The quantitative estimate of drug-likeness (QED) is 0.737. The Hall–Kier alpha value is -0.900. The molecule has 0 spiro atoms. The first-order valence-electron chi connectivity index (χ1n) is 6.38. The SMILES string of the molecule is OCCCCCN1Cc2ccc(CO)cc2C1. The van der Waals surface area contributed by atoms with Gasteiger partial charge in [0.05, 0.1) is 6.61 Å². The van der Waals surface area contributed by atoms with Gasteiger partial charge < -0.3 is 10.2 Å². The molecular formula is C14H21NO2. The van der Waals surface area contributed by atoms with Crippen molar-refractivity contribution in [3.63, 3.8) is 0 Å². The number of aliphatic hydroxyl groups is 2. The normalized spacial score (nSPS) is 15.2. The fourth-order valence-corrected chi connectivity index (χ4v) is 2.40. The van der Waals surface area contributed by atoms with Crippen molar-refractivity contribution in [2.75, 3.05) is 13.2 Å². The molecule has 0 aromatic heterocycles. The molecule has 3 nitrogen and oxygen atoms in total. The first kappa shape index (κ1) is 12.6. The highest BCUT2D eigenvalue weighted by Gasteiger charge is 2.18. The minimum Gasteiger partial charge on any atom is -0.396 e. The highest BCUT2D eigenvalue weighted by Crippen LogP contribution is 2.24. The van der Waals surface area contributed by atoms with Gasteiger partial charge >= 0.3 is 0 Å². The number of hydrogen-bond acceptors (Lipinski definition) is 3. The van der Waals surface area contributed by atoms with Crippen LogP contribution < -0.4 is 0 Å². The Morgan fingerprint density at radius 3 is 2.59 bits per heavy atom. The summed E-state index contributed by atoms with van der Waals surface area (Å²) in [7, 11) is 0. The van der Waals surface area contributed by atoms with Gasteiger partial charge in [0.2, 0.25) is 0 Å². The highest BCUT2D eigenvalue weighted by molar-refractivity contribution is 5.34. The van der Waals surface area contributed by atoms with Crippen LogP contribution in [0.5, 0.6) is 0 Å². The summed E-state index contributed by atoms with van der Waals surface area (Å²) >= 11 is 0. The second-order valence-corrected chi connectivity index (χ2v) is 4.76. The molecule has 1 heterocycles. The first-order valence-corrected chi connectivity index (χ1v) is 6.38. The van der Waals surface area contributed by atoms with Crippen molar-refractivity contribution < 1.29 is 10.2 Å². The predicted molar refractivity (Wildman–Crippen MR) is 67.4 cm³/mol. The third-order valence-electron chi connectivity index (χ3n) is 3.37. The molecule has 0 atom stereocenters. The van der Waals surface area contributed by atoms with Crippen LogP contribution in [0.3, 0.4) is 0 Å². The first-order chi connectivity index (χ1) is 8.33. The Balaban J connectivity index is 1.84. The lowest BCUT2D eigenvalue weighted by molar-refractivity contribution is 0.257. The summed E-state index contributed by atoms with van der Waals surface area (Å²) in [5, 5.41) is 17.8. The second kappa shape index (κ2) is 6.15. The number of benzene rings is 1. The van der Waals surface area contributed by atoms with E-state index >= 15 is 0 Å². The molecule has 0 amide bonds. The van der Waals surface area contributed by atoms with Crippen molar-refractivity contribution in [2.24, 2.45) is 0 Å². The van der Waals surface area contributed by atoms with Crippen molar-refractivity contribution in [3.05, 3.63) is 34.9 Å². The third kappa shape index (κ3) is 3.28. The molecule has 1 aromatic rings. The van der Waals surface area contributed by atoms with Gasteiger partial charge in [-0.25, -0.2) is 0 Å². The minimum atomic E-state index is 0.129. The summed E-state index contributed by atoms with van der Waals surface area (Å²) in [6, 6.07) is 6.26. The second-order valence-electron chi connectivity index (χ2n) is 4.76. The molecule has 0 saturated heterocycles. The maximum absolute atomic E-state index is 9.10. The van der Waals surface area contributed by atoms with E-state index in [0.29, 0.717) is 6.61 Å². The van der Waals surface area contributed by atoms with Crippen LogP contribution in [0, 0.1) is 0 Å². The van der Waals surface area contributed by atoms with E-state index in [0.717, 1.165) is 44.5 Å². The van der Waals surface area contributed by atoms with Gasteiger partial charge in [0.15, 0.2) is 0 Å². The van der Waals surface area contributed by atoms with Gasteiger partial charge in [0.1, 0.15) is 0 Å². The average Bonchev–Trinajstić information content (AvgIpc) is 2.76. The molecule has 0 radical (unpaired) electrons. The maximum atomic E-state index is 9.10. The molecule has 17 heavy (non-hydrogen) atoms. The fourth-order valence-electron chi connectivity index (χ4n) is 2.40. The van der Waals surface area contributed by atoms with E-state index in [1.54, 1.807) is 0 Å². The molecule has 94 valence electrons. The van der Waals surface area contributed by atoms with Crippen LogP contribution in [0.25, 0.3) is 0 Å². The number of unbranched alkanes of at least 4 members (excludes halogenated alkanes) is 2. The Labute approximate surface area is 103 Å². The van der Waals surface area contributed by atoms with E-state index in [-0.39, 0.29) is 6.61 Å². The van der Waals surface area contributed by atoms with Gasteiger partial charge in [0, 0.05) is 19.7 Å². The van der Waals surface area contributed by atoms with Crippen LogP contribution in [0.4, 0.5) is 0 Å². The summed E-state index contributed by atoms with van der Waals surface area (Å²) in [5.74, 6) is 0. The van der Waals surface area contributed by atoms with Crippen molar-refractivity contribution in [1.82, 2.24) is 4.90 Å². The van der Waals surface area contributed by atoms with E-state index < -0.39 is 0 Å². The van der Waals surface area contributed by atoms with Gasteiger partial charge in [-0.3, -0.25) is 4.90 Å². The van der Waals surface area contributed by atoms with Gasteiger partial charge in [-0.05, 0) is 42.5 Å². The van der Waals surface area contributed by atoms with Crippen molar-refractivity contribution in [1.29, 1.82) is 0 Å². The molecule has 2 N–H and O–H groups in total. The summed E-state index contributed by atoms with van der Waals surface area (Å²) in [6.07, 6.45) is 3.17. The average molecular weight is 235 g/mol. The molecule has 0 bridgehead atoms. The third-order valence-corrected chi connectivity index (χ3v) is 3.37. The molecule has 1 aliphatic heterocycles. The van der Waals surface area contributed by atoms with E-state index in [2.05, 4.69) is 17.0 Å². The molecule has 0 aliphatic carbocycles. The number of fused-ring (bicyclic) bond motifs is 1. The molecule has 2 rings (SSSR count). The van der Waals surface area contributed by atoms with Crippen LogP contribution >= 0.6 is 0 Å². The molecule has 0 saturated carbocycles. The Morgan fingerprint density at radius 1 is 1.00 bits per heavy atom. The molecular weight excluding hydrogens is 214 g/mol. The van der Waals surface area contributed by atoms with E-state index in [4.69, 9.17) is 10.2 Å². The van der Waals surface area contributed by atoms with E-state index in [1.807, 2.05) is 6.07 Å². The standard InChI is InChI=1S/C14H21NO2/c16-7-3-1-2-6-15-9-13-5-4-12(11-17)8-14(13)10-15/h4-5,8,16-17H,1-3,6-7,9-11H2. The smallest absolute Gasteiger partial charge is 0.0681 e. The van der Waals surface area contributed by atoms with E-state index in [9.17, 15) is 0 Å². The molecule has 1 aliphatic rings. The molecule has 1 aromatic carbocycles. The van der Waals surface area contributed by atoms with Crippen molar-refractivity contribution >= 4 is 0 Å². The van der Waals surface area contributed by atoms with Crippen LogP contribution in [0.2, 0.25) is 0 Å². The Kier molecular flexibility index (Phi) is 4.54. The van der Waals surface area contributed by atoms with Gasteiger partial charge in [0.25, 0.3) is 0 Å². The number of rotatable bonds is 6. The predicted octanol–water partition coefficient (Wildman–Crippen LogP) is 1.66. The lowest BCUT2D eigenvalue weighted by Crippen LogP contribution is -2.17. The van der Waals surface area contributed by atoms with Gasteiger partial charge in [-0.1, -0.05) is 18.2 Å². The van der Waals surface area contributed by atoms with E-state index in [1.165, 1.54) is 11.1 Å². The molecule has 0 unspecified atom stereocenters. The lowest BCUT2D eigenvalue weighted by Gasteiger charge is -2.13. The number of aliphatic hydroxyl groups excluding tert-OH is 2. The van der Waals surface area contributed by atoms with Gasteiger partial charge in [-0.2, -0.15) is 0 Å². The zero-order chi connectivity index (χ0) is 12.1. The monoisotopic (exact) mass is 235 g/mol. The molecule has 0 fully saturated rings. The Bertz CT molecular complexity index is 365. The van der Waals surface area contributed by atoms with Crippen LogP contribution in [-0.2, 0) is 19.7 Å². The zero-order valence-corrected chi connectivity index (χ0v) is 10.2. The number of hydrogen-bond donors (Lipinski definition) is 2. The zero-order valence-electron chi connectivity index (χ0n) is 10.2. The fraction of sp³-hybridized carbons (Fsp3) is 0.571. The van der Waals surface area contributed by atoms with Crippen molar-refractivity contribution in [2.45, 2.75) is 39.0 Å². The highest BCUT2D eigenvalue weighted by atomic mass is 16.3. The topological polar surface area (TPSA) is 43.7 Å². The Morgan fingerprint density at radius 2 is 1.82 bits per heavy atom. The van der Waals surface area contributed by atoms with Crippen molar-refractivity contribution in [3.8, 4) is 0 Å². The largest absolute Gasteiger partial charge is 0.396 e. The van der Waals surface area contributed by atoms with Gasteiger partial charge in [-0.15, -0.1) is 0 Å². The van der Waals surface area contributed by atoms with Crippen LogP contribution in [0.1, 0.15) is 36.0 Å². The minimum absolute atomic E-state index is 0.129. The summed E-state index contributed by atoms with van der Waals surface area (Å²) in [6.45, 7) is 3.56. The molecule has 3 heteroatoms. The summed E-state index contributed by atoms with van der Waals surface area (Å²) in [5.41, 5.74) is 3.76. The maximum Gasteiger partial charge on any atom is 0.0681 e. The van der Waals surface area contributed by atoms with Crippen LogP contribution in [-0.4, -0.2) is 28.3 Å². The lowest BCUT2D eigenvalue weighted by atomic mass is 10.1. The summed E-state index contributed by atoms with van der Waals surface area (Å²) < 4.78 is 0.